The van der Waals surface area contributed by atoms with Gasteiger partial charge in [-0.05, 0) is 25.2 Å². The van der Waals surface area contributed by atoms with Crippen LogP contribution in [-0.2, 0) is 16.6 Å². The van der Waals surface area contributed by atoms with Gasteiger partial charge in [-0.15, -0.1) is 0 Å². The summed E-state index contributed by atoms with van der Waals surface area (Å²) in [5, 5.41) is 2.82. The van der Waals surface area contributed by atoms with Gasteiger partial charge < -0.3 is 10.3 Å². The second kappa shape index (κ2) is 5.78. The average Bonchev–Trinajstić information content (AvgIpc) is 2.89. The molecule has 0 aliphatic rings. The van der Waals surface area contributed by atoms with E-state index in [1.165, 1.54) is 12.3 Å². The molecular formula is C12H12F3N3O2S. The SMILES string of the molecule is CNCc1cc(S(=O)(=O)Nc2ccc(F)c(F)c2F)c[nH]1. The maximum absolute atomic E-state index is 13.5. The van der Waals surface area contributed by atoms with Crippen molar-refractivity contribution < 1.29 is 21.6 Å². The third-order valence-electron chi connectivity index (χ3n) is 2.67. The molecule has 9 heteroatoms. The van der Waals surface area contributed by atoms with E-state index in [4.69, 9.17) is 0 Å². The minimum absolute atomic E-state index is 0.142. The van der Waals surface area contributed by atoms with Crippen molar-refractivity contribution in [3.8, 4) is 0 Å². The summed E-state index contributed by atoms with van der Waals surface area (Å²) in [6.07, 6.45) is 1.22. The molecule has 1 heterocycles. The Labute approximate surface area is 119 Å². The number of rotatable bonds is 5. The van der Waals surface area contributed by atoms with Crippen molar-refractivity contribution in [1.82, 2.24) is 10.3 Å². The van der Waals surface area contributed by atoms with Crippen molar-refractivity contribution in [3.63, 3.8) is 0 Å². The van der Waals surface area contributed by atoms with E-state index in [1.807, 2.05) is 4.72 Å². The van der Waals surface area contributed by atoms with Gasteiger partial charge in [-0.1, -0.05) is 0 Å². The normalized spacial score (nSPS) is 11.6. The highest BCUT2D eigenvalue weighted by atomic mass is 32.2. The first-order valence-corrected chi connectivity index (χ1v) is 7.31. The molecule has 0 aliphatic heterocycles. The summed E-state index contributed by atoms with van der Waals surface area (Å²) in [6.45, 7) is 0.412. The standard InChI is InChI=1S/C12H12F3N3O2S/c1-16-5-7-4-8(6-17-7)21(19,20)18-10-3-2-9(13)11(14)12(10)15/h2-4,6,16-18H,5H2,1H3. The average molecular weight is 319 g/mol. The summed E-state index contributed by atoms with van der Waals surface area (Å²) < 4.78 is 65.3. The quantitative estimate of drug-likeness (QED) is 0.738. The molecule has 0 bridgehead atoms. The molecule has 1 aromatic carbocycles. The Morgan fingerprint density at radius 1 is 1.19 bits per heavy atom. The van der Waals surface area contributed by atoms with Gasteiger partial charge in [0.1, 0.15) is 4.90 Å². The maximum Gasteiger partial charge on any atom is 0.263 e. The van der Waals surface area contributed by atoms with E-state index in [9.17, 15) is 21.6 Å². The lowest BCUT2D eigenvalue weighted by Gasteiger charge is -2.08. The van der Waals surface area contributed by atoms with Crippen molar-refractivity contribution in [2.24, 2.45) is 0 Å². The lowest BCUT2D eigenvalue weighted by molar-refractivity contribution is 0.449. The van der Waals surface area contributed by atoms with Gasteiger partial charge in [-0.3, -0.25) is 4.72 Å². The molecule has 0 aliphatic carbocycles. The first kappa shape index (κ1) is 15.4. The zero-order valence-electron chi connectivity index (χ0n) is 10.9. The Morgan fingerprint density at radius 3 is 2.57 bits per heavy atom. The van der Waals surface area contributed by atoms with Crippen LogP contribution in [0.3, 0.4) is 0 Å². The highest BCUT2D eigenvalue weighted by molar-refractivity contribution is 7.92. The number of hydrogen-bond acceptors (Lipinski definition) is 3. The first-order valence-electron chi connectivity index (χ1n) is 5.83. The third kappa shape index (κ3) is 3.19. The number of halogens is 3. The number of H-pyrrole nitrogens is 1. The zero-order chi connectivity index (χ0) is 15.6. The molecule has 0 spiro atoms. The number of anilines is 1. The molecule has 0 saturated carbocycles. The molecule has 21 heavy (non-hydrogen) atoms. The first-order chi connectivity index (χ1) is 9.85. The summed E-state index contributed by atoms with van der Waals surface area (Å²) in [7, 11) is -2.42. The van der Waals surface area contributed by atoms with E-state index < -0.39 is 33.2 Å². The van der Waals surface area contributed by atoms with Crippen LogP contribution in [0.2, 0.25) is 0 Å². The van der Waals surface area contributed by atoms with Gasteiger partial charge in [-0.25, -0.2) is 21.6 Å². The van der Waals surface area contributed by atoms with E-state index in [-0.39, 0.29) is 4.90 Å². The van der Waals surface area contributed by atoms with Crippen LogP contribution in [0.25, 0.3) is 0 Å². The fraction of sp³-hybridized carbons (Fsp3) is 0.167. The van der Waals surface area contributed by atoms with Gasteiger partial charge >= 0.3 is 0 Å². The second-order valence-corrected chi connectivity index (χ2v) is 5.90. The van der Waals surface area contributed by atoms with Crippen LogP contribution in [0, 0.1) is 17.5 Å². The van der Waals surface area contributed by atoms with Crippen molar-refractivity contribution >= 4 is 15.7 Å². The molecular weight excluding hydrogens is 307 g/mol. The van der Waals surface area contributed by atoms with Gasteiger partial charge in [0.05, 0.1) is 5.69 Å². The molecule has 1 aromatic heterocycles. The Hall–Kier alpha value is -2.00. The van der Waals surface area contributed by atoms with Crippen molar-refractivity contribution in [3.05, 3.63) is 47.5 Å². The molecule has 5 nitrogen and oxygen atoms in total. The van der Waals surface area contributed by atoms with Gasteiger partial charge in [0.15, 0.2) is 17.5 Å². The minimum Gasteiger partial charge on any atom is -0.363 e. The Kier molecular flexibility index (Phi) is 4.24. The smallest absolute Gasteiger partial charge is 0.263 e. The van der Waals surface area contributed by atoms with Gasteiger partial charge in [0, 0.05) is 18.4 Å². The van der Waals surface area contributed by atoms with Crippen molar-refractivity contribution in [2.45, 2.75) is 11.4 Å². The lowest BCUT2D eigenvalue weighted by Crippen LogP contribution is -2.14. The largest absolute Gasteiger partial charge is 0.363 e. The molecule has 3 N–H and O–H groups in total. The second-order valence-electron chi connectivity index (χ2n) is 4.22. The number of hydrogen-bond donors (Lipinski definition) is 3. The fourth-order valence-corrected chi connectivity index (χ4v) is 2.75. The number of benzene rings is 1. The highest BCUT2D eigenvalue weighted by Gasteiger charge is 2.21. The van der Waals surface area contributed by atoms with Gasteiger partial charge in [0.2, 0.25) is 0 Å². The lowest BCUT2D eigenvalue weighted by atomic mass is 10.3. The molecule has 114 valence electrons. The predicted octanol–water partition coefficient (Wildman–Crippen LogP) is 1.95. The molecule has 0 radical (unpaired) electrons. The Morgan fingerprint density at radius 2 is 1.90 bits per heavy atom. The highest BCUT2D eigenvalue weighted by Crippen LogP contribution is 2.23. The number of sulfonamides is 1. The van der Waals surface area contributed by atoms with E-state index in [2.05, 4.69) is 10.3 Å². The Balaban J connectivity index is 2.31. The van der Waals surface area contributed by atoms with Crippen LogP contribution in [0.4, 0.5) is 18.9 Å². The van der Waals surface area contributed by atoms with Crippen LogP contribution in [-0.4, -0.2) is 20.4 Å². The van der Waals surface area contributed by atoms with Crippen LogP contribution in [0.1, 0.15) is 5.69 Å². The summed E-state index contributed by atoms with van der Waals surface area (Å²) in [6, 6.07) is 2.79. The van der Waals surface area contributed by atoms with E-state index in [0.717, 1.165) is 6.07 Å². The minimum atomic E-state index is -4.10. The topological polar surface area (TPSA) is 74.0 Å². The number of nitrogens with one attached hydrogen (secondary N) is 3. The number of aromatic amines is 1. The predicted molar refractivity (Wildman–Crippen MR) is 70.7 cm³/mol. The third-order valence-corrected chi connectivity index (χ3v) is 4.02. The van der Waals surface area contributed by atoms with Gasteiger partial charge in [0.25, 0.3) is 10.0 Å². The van der Waals surface area contributed by atoms with Crippen LogP contribution in [0.15, 0.2) is 29.3 Å². The van der Waals surface area contributed by atoms with Crippen molar-refractivity contribution in [2.75, 3.05) is 11.8 Å². The fourth-order valence-electron chi connectivity index (χ4n) is 1.67. The van der Waals surface area contributed by atoms with Crippen molar-refractivity contribution in [1.29, 1.82) is 0 Å². The summed E-state index contributed by atoms with van der Waals surface area (Å²) >= 11 is 0. The molecule has 0 fully saturated rings. The van der Waals surface area contributed by atoms with E-state index in [0.29, 0.717) is 18.3 Å². The van der Waals surface area contributed by atoms with Crippen LogP contribution < -0.4 is 10.0 Å². The molecule has 0 atom stereocenters. The number of aromatic nitrogens is 1. The maximum atomic E-state index is 13.5. The zero-order valence-corrected chi connectivity index (χ0v) is 11.7. The molecule has 0 amide bonds. The summed E-state index contributed by atoms with van der Waals surface area (Å²) in [4.78, 5) is 2.58. The van der Waals surface area contributed by atoms with E-state index in [1.54, 1.807) is 7.05 Å². The summed E-state index contributed by atoms with van der Waals surface area (Å²) in [5.41, 5.74) is -0.0612. The van der Waals surface area contributed by atoms with Crippen LogP contribution >= 0.6 is 0 Å². The molecule has 0 unspecified atom stereocenters. The van der Waals surface area contributed by atoms with Gasteiger partial charge in [-0.2, -0.15) is 0 Å². The molecule has 0 saturated heterocycles. The van der Waals surface area contributed by atoms with E-state index >= 15 is 0 Å². The monoisotopic (exact) mass is 319 g/mol. The van der Waals surface area contributed by atoms with Crippen LogP contribution in [0.5, 0.6) is 0 Å². The Bertz CT molecular complexity index is 759. The summed E-state index contributed by atoms with van der Waals surface area (Å²) in [5.74, 6) is -4.72. The molecule has 2 rings (SSSR count). The molecule has 2 aromatic rings.